The standard InChI is InChI=1S/C12H14FN.C2H6/c1-8-11(13)5-10(7-14-8)12-4-2-3-9(12)6-12;1-2/h5,7,9H,2-4,6H2,1H3;1-2H3. The number of rotatable bonds is 1. The van der Waals surface area contributed by atoms with E-state index in [1.54, 1.807) is 13.0 Å². The van der Waals surface area contributed by atoms with Gasteiger partial charge in [0.25, 0.3) is 0 Å². The number of aromatic nitrogens is 1. The van der Waals surface area contributed by atoms with E-state index in [2.05, 4.69) is 4.98 Å². The summed E-state index contributed by atoms with van der Waals surface area (Å²) in [6, 6.07) is 1.70. The summed E-state index contributed by atoms with van der Waals surface area (Å²) in [6.45, 7) is 5.72. The van der Waals surface area contributed by atoms with Crippen molar-refractivity contribution in [1.82, 2.24) is 4.98 Å². The lowest BCUT2D eigenvalue weighted by atomic mass is 9.95. The molecule has 0 radical (unpaired) electrons. The Morgan fingerprint density at radius 3 is 2.69 bits per heavy atom. The lowest BCUT2D eigenvalue weighted by molar-refractivity contribution is 0.590. The minimum absolute atomic E-state index is 0.144. The lowest BCUT2D eigenvalue weighted by Crippen LogP contribution is -2.07. The molecule has 0 bridgehead atoms. The molecule has 1 heterocycles. The van der Waals surface area contributed by atoms with Crippen LogP contribution in [0.4, 0.5) is 4.39 Å². The number of hydrogen-bond donors (Lipinski definition) is 0. The molecular formula is C14H20FN. The minimum Gasteiger partial charge on any atom is -0.258 e. The zero-order valence-electron chi connectivity index (χ0n) is 10.4. The third-order valence-corrected chi connectivity index (χ3v) is 4.01. The first-order chi connectivity index (χ1) is 7.72. The fourth-order valence-electron chi connectivity index (χ4n) is 3.01. The second kappa shape index (κ2) is 4.15. The SMILES string of the molecule is CC.Cc1ncc(C23CCCC2C3)cc1F. The van der Waals surface area contributed by atoms with Crippen molar-refractivity contribution in [2.24, 2.45) is 5.92 Å². The van der Waals surface area contributed by atoms with Gasteiger partial charge in [-0.2, -0.15) is 0 Å². The predicted molar refractivity (Wildman–Crippen MR) is 63.9 cm³/mol. The maximum absolute atomic E-state index is 13.4. The first kappa shape index (κ1) is 11.6. The Bertz CT molecular complexity index is 388. The van der Waals surface area contributed by atoms with Crippen LogP contribution in [0, 0.1) is 18.7 Å². The first-order valence-corrected chi connectivity index (χ1v) is 6.35. The topological polar surface area (TPSA) is 12.9 Å². The molecule has 3 rings (SSSR count). The van der Waals surface area contributed by atoms with Gasteiger partial charge < -0.3 is 0 Å². The highest BCUT2D eigenvalue weighted by Crippen LogP contribution is 2.64. The monoisotopic (exact) mass is 221 g/mol. The van der Waals surface area contributed by atoms with Crippen molar-refractivity contribution in [3.8, 4) is 0 Å². The lowest BCUT2D eigenvalue weighted by Gasteiger charge is -2.12. The summed E-state index contributed by atoms with van der Waals surface area (Å²) in [7, 11) is 0. The van der Waals surface area contributed by atoms with Crippen molar-refractivity contribution in [2.75, 3.05) is 0 Å². The molecule has 0 N–H and O–H groups in total. The molecule has 2 fully saturated rings. The molecule has 16 heavy (non-hydrogen) atoms. The van der Waals surface area contributed by atoms with Gasteiger partial charge in [-0.25, -0.2) is 4.39 Å². The summed E-state index contributed by atoms with van der Waals surface area (Å²) in [6.07, 6.45) is 7.01. The van der Waals surface area contributed by atoms with Crippen LogP contribution in [0.2, 0.25) is 0 Å². The first-order valence-electron chi connectivity index (χ1n) is 6.35. The van der Waals surface area contributed by atoms with Crippen molar-refractivity contribution < 1.29 is 4.39 Å². The van der Waals surface area contributed by atoms with Gasteiger partial charge in [-0.3, -0.25) is 4.98 Å². The normalized spacial score (nSPS) is 30.4. The molecule has 2 heteroatoms. The molecule has 0 amide bonds. The summed E-state index contributed by atoms with van der Waals surface area (Å²) >= 11 is 0. The summed E-state index contributed by atoms with van der Waals surface area (Å²) in [5, 5.41) is 0. The zero-order chi connectivity index (χ0) is 11.8. The number of hydrogen-bond acceptors (Lipinski definition) is 1. The highest BCUT2D eigenvalue weighted by Gasteiger charge is 2.57. The van der Waals surface area contributed by atoms with Gasteiger partial charge >= 0.3 is 0 Å². The molecule has 0 saturated heterocycles. The number of nitrogens with zero attached hydrogens (tertiary/aromatic N) is 1. The largest absolute Gasteiger partial charge is 0.258 e. The summed E-state index contributed by atoms with van der Waals surface area (Å²) in [5.74, 6) is 0.681. The fourth-order valence-corrected chi connectivity index (χ4v) is 3.01. The number of pyridine rings is 1. The molecule has 88 valence electrons. The molecule has 1 aromatic rings. The summed E-state index contributed by atoms with van der Waals surface area (Å²) in [5.41, 5.74) is 1.99. The Balaban J connectivity index is 0.000000457. The van der Waals surface area contributed by atoms with E-state index in [1.807, 2.05) is 20.0 Å². The Hall–Kier alpha value is -0.920. The van der Waals surface area contributed by atoms with E-state index in [1.165, 1.54) is 25.7 Å². The van der Waals surface area contributed by atoms with Crippen LogP contribution in [-0.4, -0.2) is 4.98 Å². The quantitative estimate of drug-likeness (QED) is 0.698. The van der Waals surface area contributed by atoms with Gasteiger partial charge in [0.15, 0.2) is 0 Å². The van der Waals surface area contributed by atoms with Crippen molar-refractivity contribution >= 4 is 0 Å². The molecule has 0 spiro atoms. The second-order valence-corrected chi connectivity index (χ2v) is 4.74. The van der Waals surface area contributed by atoms with Gasteiger partial charge in [-0.1, -0.05) is 20.3 Å². The Labute approximate surface area is 97.1 Å². The smallest absolute Gasteiger partial charge is 0.144 e. The van der Waals surface area contributed by atoms with E-state index in [-0.39, 0.29) is 5.82 Å². The second-order valence-electron chi connectivity index (χ2n) is 4.74. The Morgan fingerprint density at radius 2 is 2.19 bits per heavy atom. The van der Waals surface area contributed by atoms with E-state index in [0.29, 0.717) is 11.1 Å². The maximum Gasteiger partial charge on any atom is 0.144 e. The van der Waals surface area contributed by atoms with Gasteiger partial charge in [0, 0.05) is 11.6 Å². The molecule has 0 aromatic carbocycles. The van der Waals surface area contributed by atoms with Gasteiger partial charge in [0.1, 0.15) is 5.82 Å². The molecule has 2 unspecified atom stereocenters. The number of halogens is 1. The van der Waals surface area contributed by atoms with Crippen LogP contribution in [-0.2, 0) is 5.41 Å². The molecule has 2 saturated carbocycles. The van der Waals surface area contributed by atoms with Crippen LogP contribution in [0.3, 0.4) is 0 Å². The van der Waals surface area contributed by atoms with E-state index in [0.717, 1.165) is 11.5 Å². The van der Waals surface area contributed by atoms with Crippen LogP contribution in [0.25, 0.3) is 0 Å². The summed E-state index contributed by atoms with van der Waals surface area (Å²) in [4.78, 5) is 4.12. The van der Waals surface area contributed by atoms with Gasteiger partial charge in [-0.05, 0) is 43.7 Å². The van der Waals surface area contributed by atoms with Gasteiger partial charge in [-0.15, -0.1) is 0 Å². The van der Waals surface area contributed by atoms with Crippen LogP contribution in [0.15, 0.2) is 12.3 Å². The predicted octanol–water partition coefficient (Wildman–Crippen LogP) is 4.00. The average Bonchev–Trinajstić information content (AvgIpc) is 2.88. The maximum atomic E-state index is 13.4. The number of fused-ring (bicyclic) bond motifs is 1. The highest BCUT2D eigenvalue weighted by molar-refractivity contribution is 5.34. The van der Waals surface area contributed by atoms with E-state index < -0.39 is 0 Å². The van der Waals surface area contributed by atoms with Crippen molar-refractivity contribution in [3.05, 3.63) is 29.3 Å². The molecule has 2 atom stereocenters. The van der Waals surface area contributed by atoms with E-state index in [4.69, 9.17) is 0 Å². The zero-order valence-corrected chi connectivity index (χ0v) is 10.4. The van der Waals surface area contributed by atoms with Crippen molar-refractivity contribution in [2.45, 2.75) is 51.9 Å². The van der Waals surface area contributed by atoms with E-state index >= 15 is 0 Å². The molecule has 2 aliphatic carbocycles. The van der Waals surface area contributed by atoms with Crippen molar-refractivity contribution in [3.63, 3.8) is 0 Å². The molecular weight excluding hydrogens is 201 g/mol. The Kier molecular flexibility index (Phi) is 3.00. The van der Waals surface area contributed by atoms with Gasteiger partial charge in [0.2, 0.25) is 0 Å². The highest BCUT2D eigenvalue weighted by atomic mass is 19.1. The molecule has 1 aromatic heterocycles. The van der Waals surface area contributed by atoms with Crippen LogP contribution in [0.5, 0.6) is 0 Å². The van der Waals surface area contributed by atoms with E-state index in [9.17, 15) is 4.39 Å². The van der Waals surface area contributed by atoms with Crippen LogP contribution in [0.1, 0.15) is 50.8 Å². The average molecular weight is 221 g/mol. The van der Waals surface area contributed by atoms with Crippen LogP contribution < -0.4 is 0 Å². The summed E-state index contributed by atoms with van der Waals surface area (Å²) < 4.78 is 13.4. The van der Waals surface area contributed by atoms with Crippen molar-refractivity contribution in [1.29, 1.82) is 0 Å². The molecule has 2 aliphatic rings. The molecule has 1 nitrogen and oxygen atoms in total. The Morgan fingerprint density at radius 1 is 1.44 bits per heavy atom. The fraction of sp³-hybridized carbons (Fsp3) is 0.643. The number of aryl methyl sites for hydroxylation is 1. The van der Waals surface area contributed by atoms with Gasteiger partial charge in [0.05, 0.1) is 5.69 Å². The molecule has 0 aliphatic heterocycles. The third kappa shape index (κ3) is 1.64. The minimum atomic E-state index is -0.144. The van der Waals surface area contributed by atoms with Crippen LogP contribution >= 0.6 is 0 Å². The third-order valence-electron chi connectivity index (χ3n) is 4.01.